The molecule has 0 spiro atoms. The molecule has 0 radical (unpaired) electrons. The van der Waals surface area contributed by atoms with E-state index in [0.29, 0.717) is 13.2 Å². The first kappa shape index (κ1) is 17.6. The van der Waals surface area contributed by atoms with Crippen LogP contribution in [0.3, 0.4) is 0 Å². The van der Waals surface area contributed by atoms with E-state index in [4.69, 9.17) is 4.74 Å². The molecule has 1 aromatic heterocycles. The van der Waals surface area contributed by atoms with Crippen LogP contribution in [0.2, 0.25) is 0 Å². The first-order valence-corrected chi connectivity index (χ1v) is 8.95. The minimum Gasteiger partial charge on any atom is -0.389 e. The van der Waals surface area contributed by atoms with Crippen LogP contribution in [0, 0.1) is 0 Å². The largest absolute Gasteiger partial charge is 0.389 e. The Bertz CT molecular complexity index is 441. The van der Waals surface area contributed by atoms with Gasteiger partial charge >= 0.3 is 0 Å². The summed E-state index contributed by atoms with van der Waals surface area (Å²) in [4.78, 5) is 9.20. The number of ether oxygens (including phenoxy) is 1. The smallest absolute Gasteiger partial charge is 0.205 e. The van der Waals surface area contributed by atoms with Crippen LogP contribution in [0.1, 0.15) is 33.0 Å². The molecule has 2 heterocycles. The molecule has 0 amide bonds. The number of β-amino-alcohol motifs (C(OH)–C–C–N with tert-alkyl or cyclic N) is 1. The number of nitrogens with zero attached hydrogens (tertiary/aromatic N) is 4. The maximum atomic E-state index is 10.1. The number of aliphatic hydroxyl groups is 1. The maximum absolute atomic E-state index is 10.1. The Hall–Kier alpha value is -0.760. The van der Waals surface area contributed by atoms with Crippen LogP contribution in [-0.4, -0.2) is 70.9 Å². The molecule has 1 aliphatic rings. The Kier molecular flexibility index (Phi) is 7.01. The summed E-state index contributed by atoms with van der Waals surface area (Å²) >= 11 is 1.49. The topological polar surface area (TPSA) is 61.7 Å². The molecule has 1 fully saturated rings. The van der Waals surface area contributed by atoms with Gasteiger partial charge in [0.2, 0.25) is 5.13 Å². The van der Waals surface area contributed by atoms with Crippen molar-refractivity contribution < 1.29 is 9.84 Å². The number of hydrogen-bond acceptors (Lipinski definition) is 7. The maximum Gasteiger partial charge on any atom is 0.205 e. The summed E-state index contributed by atoms with van der Waals surface area (Å²) in [5.41, 5.74) is 0. The molecule has 22 heavy (non-hydrogen) atoms. The Morgan fingerprint density at radius 3 is 2.77 bits per heavy atom. The molecule has 0 aliphatic carbocycles. The average Bonchev–Trinajstić information content (AvgIpc) is 2.86. The van der Waals surface area contributed by atoms with E-state index in [9.17, 15) is 5.11 Å². The monoisotopic (exact) mass is 328 g/mol. The molecule has 1 unspecified atom stereocenters. The highest BCUT2D eigenvalue weighted by atomic mass is 32.1. The molecular formula is C15H28N4O2S. The van der Waals surface area contributed by atoms with Crippen LogP contribution in [0.25, 0.3) is 0 Å². The molecular weight excluding hydrogens is 300 g/mol. The Morgan fingerprint density at radius 1 is 1.27 bits per heavy atom. The molecule has 7 heteroatoms. The molecule has 1 saturated heterocycles. The summed E-state index contributed by atoms with van der Waals surface area (Å²) in [5, 5.41) is 11.1. The number of hydrogen-bond donors (Lipinski definition) is 1. The van der Waals surface area contributed by atoms with Gasteiger partial charge in [0, 0.05) is 44.1 Å². The lowest BCUT2D eigenvalue weighted by Crippen LogP contribution is -2.38. The average molecular weight is 328 g/mol. The molecule has 1 aromatic rings. The van der Waals surface area contributed by atoms with E-state index in [2.05, 4.69) is 26.1 Å². The molecule has 126 valence electrons. The van der Waals surface area contributed by atoms with Gasteiger partial charge in [0.1, 0.15) is 5.82 Å². The van der Waals surface area contributed by atoms with Crippen molar-refractivity contribution >= 4 is 16.7 Å². The van der Waals surface area contributed by atoms with Crippen molar-refractivity contribution in [2.75, 3.05) is 44.2 Å². The molecule has 0 saturated carbocycles. The lowest BCUT2D eigenvalue weighted by atomic mass is 10.3. The van der Waals surface area contributed by atoms with Crippen LogP contribution in [0.15, 0.2) is 0 Å². The zero-order valence-corrected chi connectivity index (χ0v) is 14.7. The molecule has 1 N–H and O–H groups in total. The highest BCUT2D eigenvalue weighted by molar-refractivity contribution is 7.09. The van der Waals surface area contributed by atoms with Gasteiger partial charge in [-0.05, 0) is 26.8 Å². The van der Waals surface area contributed by atoms with Crippen molar-refractivity contribution in [1.82, 2.24) is 14.3 Å². The van der Waals surface area contributed by atoms with Gasteiger partial charge in [-0.3, -0.25) is 4.90 Å². The van der Waals surface area contributed by atoms with Crippen molar-refractivity contribution in [2.45, 2.75) is 45.8 Å². The Balaban J connectivity index is 1.79. The Morgan fingerprint density at radius 2 is 2.09 bits per heavy atom. The SMILES string of the molecule is CCc1nsc(N2CCCN(CC(O)COC(C)C)CC2)n1. The third kappa shape index (κ3) is 5.46. The summed E-state index contributed by atoms with van der Waals surface area (Å²) in [6.07, 6.45) is 1.72. The zero-order valence-electron chi connectivity index (χ0n) is 13.9. The van der Waals surface area contributed by atoms with Gasteiger partial charge in [0.15, 0.2) is 0 Å². The van der Waals surface area contributed by atoms with Crippen molar-refractivity contribution in [2.24, 2.45) is 0 Å². The first-order chi connectivity index (χ1) is 10.6. The third-order valence-electron chi connectivity index (χ3n) is 3.72. The van der Waals surface area contributed by atoms with Crippen molar-refractivity contribution in [3.8, 4) is 0 Å². The van der Waals surface area contributed by atoms with Crippen LogP contribution < -0.4 is 4.90 Å². The highest BCUT2D eigenvalue weighted by Crippen LogP contribution is 2.19. The summed E-state index contributed by atoms with van der Waals surface area (Å²) in [5.74, 6) is 0.933. The molecule has 2 rings (SSSR count). The predicted molar refractivity (Wildman–Crippen MR) is 89.7 cm³/mol. The highest BCUT2D eigenvalue weighted by Gasteiger charge is 2.20. The van der Waals surface area contributed by atoms with Gasteiger partial charge in [-0.25, -0.2) is 4.98 Å². The van der Waals surface area contributed by atoms with Crippen LogP contribution in [0.4, 0.5) is 5.13 Å². The van der Waals surface area contributed by atoms with Crippen molar-refractivity contribution in [1.29, 1.82) is 0 Å². The van der Waals surface area contributed by atoms with E-state index in [1.54, 1.807) is 0 Å². The molecule has 1 aliphatic heterocycles. The van der Waals surface area contributed by atoms with Crippen LogP contribution in [0.5, 0.6) is 0 Å². The van der Waals surface area contributed by atoms with E-state index in [1.807, 2.05) is 13.8 Å². The fraction of sp³-hybridized carbons (Fsp3) is 0.867. The van der Waals surface area contributed by atoms with Gasteiger partial charge in [0.05, 0.1) is 18.8 Å². The second-order valence-electron chi connectivity index (χ2n) is 6.02. The molecule has 1 atom stereocenters. The molecule has 0 aromatic carbocycles. The number of aromatic nitrogens is 2. The van der Waals surface area contributed by atoms with E-state index in [1.165, 1.54) is 11.5 Å². The van der Waals surface area contributed by atoms with Crippen molar-refractivity contribution in [3.63, 3.8) is 0 Å². The van der Waals surface area contributed by atoms with Gasteiger partial charge in [0.25, 0.3) is 0 Å². The third-order valence-corrected chi connectivity index (χ3v) is 4.54. The summed E-state index contributed by atoms with van der Waals surface area (Å²) in [7, 11) is 0. The zero-order chi connectivity index (χ0) is 15.9. The first-order valence-electron chi connectivity index (χ1n) is 8.18. The minimum atomic E-state index is -0.415. The van der Waals surface area contributed by atoms with Gasteiger partial charge in [-0.15, -0.1) is 0 Å². The number of anilines is 1. The fourth-order valence-corrected chi connectivity index (χ4v) is 3.32. The normalized spacial score (nSPS) is 18.7. The van der Waals surface area contributed by atoms with Crippen molar-refractivity contribution in [3.05, 3.63) is 5.82 Å². The predicted octanol–water partition coefficient (Wildman–Crippen LogP) is 1.40. The molecule has 0 bridgehead atoms. The van der Waals surface area contributed by atoms with Crippen LogP contribution in [-0.2, 0) is 11.2 Å². The van der Waals surface area contributed by atoms with Gasteiger partial charge in [-0.2, -0.15) is 4.37 Å². The fourth-order valence-electron chi connectivity index (χ4n) is 2.52. The lowest BCUT2D eigenvalue weighted by Gasteiger charge is -2.24. The summed E-state index contributed by atoms with van der Waals surface area (Å²) in [6, 6.07) is 0. The lowest BCUT2D eigenvalue weighted by molar-refractivity contribution is -0.00766. The number of aliphatic hydroxyl groups excluding tert-OH is 1. The second kappa shape index (κ2) is 8.76. The number of aryl methyl sites for hydroxylation is 1. The quantitative estimate of drug-likeness (QED) is 0.816. The molecule has 6 nitrogen and oxygen atoms in total. The summed E-state index contributed by atoms with van der Waals surface area (Å²) in [6.45, 7) is 11.0. The number of rotatable bonds is 7. The van der Waals surface area contributed by atoms with E-state index >= 15 is 0 Å². The van der Waals surface area contributed by atoms with E-state index < -0.39 is 6.10 Å². The second-order valence-corrected chi connectivity index (χ2v) is 6.75. The van der Waals surface area contributed by atoms with Crippen LogP contribution >= 0.6 is 11.5 Å². The Labute approximate surface area is 137 Å². The minimum absolute atomic E-state index is 0.166. The van der Waals surface area contributed by atoms with Gasteiger partial charge < -0.3 is 14.7 Å². The standard InChI is InChI=1S/C15H28N4O2S/c1-4-14-16-15(22-17-14)19-7-5-6-18(8-9-19)10-13(20)11-21-12(2)3/h12-13,20H,4-11H2,1-3H3. The van der Waals surface area contributed by atoms with E-state index in [0.717, 1.165) is 50.0 Å². The van der Waals surface area contributed by atoms with Gasteiger partial charge in [-0.1, -0.05) is 6.92 Å². The summed E-state index contributed by atoms with van der Waals surface area (Å²) < 4.78 is 9.85. The van der Waals surface area contributed by atoms with E-state index in [-0.39, 0.29) is 6.10 Å².